The number of carbonyl (C=O) groups excluding carboxylic acids is 1. The van der Waals surface area contributed by atoms with Crippen LogP contribution in [0.25, 0.3) is 0 Å². The number of anilines is 1. The highest BCUT2D eigenvalue weighted by Crippen LogP contribution is 2.19. The molecule has 7 heteroatoms. The van der Waals surface area contributed by atoms with E-state index in [0.29, 0.717) is 18.1 Å². The monoisotopic (exact) mass is 271 g/mol. The molecule has 0 aliphatic carbocycles. The molecular formula is C11H17N3O3S. The van der Waals surface area contributed by atoms with Gasteiger partial charge in [-0.2, -0.15) is 0 Å². The Kier molecular flexibility index (Phi) is 4.66. The third kappa shape index (κ3) is 4.33. The molecule has 18 heavy (non-hydrogen) atoms. The molecule has 0 bridgehead atoms. The smallest absolute Gasteiger partial charge is 0.321 e. The van der Waals surface area contributed by atoms with Crippen molar-refractivity contribution in [2.75, 3.05) is 11.9 Å². The number of aromatic nitrogens is 1. The Morgan fingerprint density at radius 2 is 2.17 bits per heavy atom. The van der Waals surface area contributed by atoms with E-state index in [9.17, 15) is 9.59 Å². The predicted molar refractivity (Wildman–Crippen MR) is 69.9 cm³/mol. The third-order valence-electron chi connectivity index (χ3n) is 2.45. The van der Waals surface area contributed by atoms with Gasteiger partial charge in [-0.05, 0) is 27.2 Å². The van der Waals surface area contributed by atoms with Gasteiger partial charge in [0.25, 0.3) is 0 Å². The molecule has 0 saturated carbocycles. The Morgan fingerprint density at radius 3 is 2.67 bits per heavy atom. The van der Waals surface area contributed by atoms with Crippen LogP contribution in [0.1, 0.15) is 26.0 Å². The molecule has 0 saturated heterocycles. The minimum absolute atomic E-state index is 0.301. The van der Waals surface area contributed by atoms with Crippen molar-refractivity contribution in [2.24, 2.45) is 5.41 Å². The zero-order chi connectivity index (χ0) is 13.8. The standard InChI is InChI=1S/C11H17N3O3S/c1-7-6-18-10(13-7)14-9(17)12-5-4-11(2,3)8(15)16/h6H,4-5H2,1-3H3,(H,15,16)(H2,12,13,14,17). The number of carboxylic acid groups (broad SMARTS) is 1. The van der Waals surface area contributed by atoms with Crippen LogP contribution in [0.2, 0.25) is 0 Å². The van der Waals surface area contributed by atoms with Crippen LogP contribution in [0.5, 0.6) is 0 Å². The van der Waals surface area contributed by atoms with Crippen molar-refractivity contribution in [3.05, 3.63) is 11.1 Å². The molecule has 0 spiro atoms. The van der Waals surface area contributed by atoms with Crippen LogP contribution in [-0.4, -0.2) is 28.6 Å². The molecular weight excluding hydrogens is 254 g/mol. The number of aliphatic carboxylic acids is 1. The van der Waals surface area contributed by atoms with Gasteiger partial charge < -0.3 is 10.4 Å². The number of hydrogen-bond acceptors (Lipinski definition) is 4. The number of carboxylic acids is 1. The Labute approximate surface area is 109 Å². The number of thiazole rings is 1. The summed E-state index contributed by atoms with van der Waals surface area (Å²) >= 11 is 1.34. The van der Waals surface area contributed by atoms with Gasteiger partial charge in [0.05, 0.1) is 11.1 Å². The van der Waals surface area contributed by atoms with Gasteiger partial charge in [0.15, 0.2) is 5.13 Å². The molecule has 0 fully saturated rings. The fourth-order valence-corrected chi connectivity index (χ4v) is 1.83. The van der Waals surface area contributed by atoms with Crippen LogP contribution >= 0.6 is 11.3 Å². The number of nitrogens with one attached hydrogen (secondary N) is 2. The summed E-state index contributed by atoms with van der Waals surface area (Å²) in [6, 6.07) is -0.370. The van der Waals surface area contributed by atoms with Gasteiger partial charge in [-0.3, -0.25) is 10.1 Å². The molecule has 100 valence electrons. The average molecular weight is 271 g/mol. The zero-order valence-electron chi connectivity index (χ0n) is 10.6. The Hall–Kier alpha value is -1.63. The van der Waals surface area contributed by atoms with Crippen molar-refractivity contribution in [2.45, 2.75) is 27.2 Å². The quantitative estimate of drug-likeness (QED) is 0.764. The molecule has 3 N–H and O–H groups in total. The summed E-state index contributed by atoms with van der Waals surface area (Å²) in [5, 5.41) is 16.5. The number of aryl methyl sites for hydroxylation is 1. The van der Waals surface area contributed by atoms with Gasteiger partial charge >= 0.3 is 12.0 Å². The molecule has 0 aromatic carbocycles. The normalized spacial score (nSPS) is 11.1. The van der Waals surface area contributed by atoms with Gasteiger partial charge in [-0.15, -0.1) is 11.3 Å². The fraction of sp³-hybridized carbons (Fsp3) is 0.545. The van der Waals surface area contributed by atoms with Crippen LogP contribution in [0.3, 0.4) is 0 Å². The fourth-order valence-electron chi connectivity index (χ4n) is 1.15. The summed E-state index contributed by atoms with van der Waals surface area (Å²) in [5.41, 5.74) is 0.00715. The highest BCUT2D eigenvalue weighted by atomic mass is 32.1. The van der Waals surface area contributed by atoms with Gasteiger partial charge in [-0.25, -0.2) is 9.78 Å². The number of rotatable bonds is 5. The molecule has 0 aliphatic rings. The van der Waals surface area contributed by atoms with Crippen LogP contribution < -0.4 is 10.6 Å². The molecule has 1 aromatic heterocycles. The summed E-state index contributed by atoms with van der Waals surface area (Å²) in [4.78, 5) is 26.4. The number of amides is 2. The van der Waals surface area contributed by atoms with E-state index < -0.39 is 11.4 Å². The molecule has 0 radical (unpaired) electrons. The lowest BCUT2D eigenvalue weighted by Gasteiger charge is -2.18. The molecule has 0 unspecified atom stereocenters. The first kappa shape index (κ1) is 14.4. The van der Waals surface area contributed by atoms with E-state index >= 15 is 0 Å². The van der Waals surface area contributed by atoms with Crippen LogP contribution in [-0.2, 0) is 4.79 Å². The van der Waals surface area contributed by atoms with Crippen molar-refractivity contribution >= 4 is 28.5 Å². The molecule has 0 aliphatic heterocycles. The Morgan fingerprint density at radius 1 is 1.50 bits per heavy atom. The van der Waals surface area contributed by atoms with Gasteiger partial charge in [0.2, 0.25) is 0 Å². The second kappa shape index (κ2) is 5.81. The largest absolute Gasteiger partial charge is 0.481 e. The van der Waals surface area contributed by atoms with E-state index in [-0.39, 0.29) is 6.03 Å². The maximum absolute atomic E-state index is 11.5. The highest BCUT2D eigenvalue weighted by molar-refractivity contribution is 7.13. The lowest BCUT2D eigenvalue weighted by atomic mass is 9.90. The zero-order valence-corrected chi connectivity index (χ0v) is 11.4. The summed E-state index contributed by atoms with van der Waals surface area (Å²) in [5.74, 6) is -0.875. The first-order valence-corrected chi connectivity index (χ1v) is 6.39. The van der Waals surface area contributed by atoms with Crippen molar-refractivity contribution in [3.63, 3.8) is 0 Å². The second-order valence-corrected chi connectivity index (χ2v) is 5.47. The molecule has 1 rings (SSSR count). The van der Waals surface area contributed by atoms with Crippen LogP contribution in [0.15, 0.2) is 5.38 Å². The Balaban J connectivity index is 2.32. The maximum atomic E-state index is 11.5. The van der Waals surface area contributed by atoms with E-state index in [2.05, 4.69) is 15.6 Å². The molecule has 6 nitrogen and oxygen atoms in total. The first-order chi connectivity index (χ1) is 8.31. The SMILES string of the molecule is Cc1csc(NC(=O)NCCC(C)(C)C(=O)O)n1. The molecule has 1 heterocycles. The third-order valence-corrected chi connectivity index (χ3v) is 3.33. The summed E-state index contributed by atoms with van der Waals surface area (Å²) < 4.78 is 0. The minimum atomic E-state index is -0.875. The van der Waals surface area contributed by atoms with Crippen molar-refractivity contribution in [1.82, 2.24) is 10.3 Å². The topological polar surface area (TPSA) is 91.3 Å². The van der Waals surface area contributed by atoms with Gasteiger partial charge in [0, 0.05) is 11.9 Å². The van der Waals surface area contributed by atoms with E-state index in [0.717, 1.165) is 5.69 Å². The van der Waals surface area contributed by atoms with E-state index in [1.807, 2.05) is 12.3 Å². The van der Waals surface area contributed by atoms with Crippen molar-refractivity contribution in [3.8, 4) is 0 Å². The minimum Gasteiger partial charge on any atom is -0.481 e. The summed E-state index contributed by atoms with van der Waals surface area (Å²) in [6.45, 7) is 5.39. The molecule has 0 atom stereocenters. The lowest BCUT2D eigenvalue weighted by molar-refractivity contribution is -0.147. The van der Waals surface area contributed by atoms with Crippen molar-refractivity contribution < 1.29 is 14.7 Å². The maximum Gasteiger partial charge on any atom is 0.321 e. The summed E-state index contributed by atoms with van der Waals surface area (Å²) in [6.07, 6.45) is 0.368. The number of urea groups is 1. The van der Waals surface area contributed by atoms with Crippen molar-refractivity contribution in [1.29, 1.82) is 0 Å². The van der Waals surface area contributed by atoms with E-state index in [1.54, 1.807) is 13.8 Å². The molecule has 2 amide bonds. The number of hydrogen-bond donors (Lipinski definition) is 3. The van der Waals surface area contributed by atoms with Crippen LogP contribution in [0, 0.1) is 12.3 Å². The summed E-state index contributed by atoms with van der Waals surface area (Å²) in [7, 11) is 0. The van der Waals surface area contributed by atoms with E-state index in [1.165, 1.54) is 11.3 Å². The van der Waals surface area contributed by atoms with Gasteiger partial charge in [0.1, 0.15) is 0 Å². The molecule has 1 aromatic rings. The Bertz CT molecular complexity index is 442. The lowest BCUT2D eigenvalue weighted by Crippen LogP contribution is -2.34. The number of carbonyl (C=O) groups is 2. The van der Waals surface area contributed by atoms with Crippen LogP contribution in [0.4, 0.5) is 9.93 Å². The number of nitrogens with zero attached hydrogens (tertiary/aromatic N) is 1. The average Bonchev–Trinajstić information content (AvgIpc) is 2.63. The highest BCUT2D eigenvalue weighted by Gasteiger charge is 2.26. The first-order valence-electron chi connectivity index (χ1n) is 5.51. The van der Waals surface area contributed by atoms with E-state index in [4.69, 9.17) is 5.11 Å². The predicted octanol–water partition coefficient (Wildman–Crippen LogP) is 2.07. The van der Waals surface area contributed by atoms with Gasteiger partial charge in [-0.1, -0.05) is 0 Å². The second-order valence-electron chi connectivity index (χ2n) is 4.61.